The van der Waals surface area contributed by atoms with Gasteiger partial charge in [0.2, 0.25) is 0 Å². The molecule has 2 aromatic rings. The SMILES string of the molecule is COC(=O)c1c(-n2cc([Si](C)(C)C)nn2)ccc(OC)c1F. The minimum atomic E-state index is -1.66. The van der Waals surface area contributed by atoms with Gasteiger partial charge >= 0.3 is 5.97 Å². The number of halogens is 1. The average molecular weight is 323 g/mol. The van der Waals surface area contributed by atoms with Crippen molar-refractivity contribution in [3.8, 4) is 11.4 Å². The molecule has 8 heteroatoms. The van der Waals surface area contributed by atoms with E-state index in [0.29, 0.717) is 0 Å². The van der Waals surface area contributed by atoms with E-state index in [-0.39, 0.29) is 17.0 Å². The van der Waals surface area contributed by atoms with Gasteiger partial charge in [-0.25, -0.2) is 13.9 Å². The molecule has 0 fully saturated rings. The lowest BCUT2D eigenvalue weighted by molar-refractivity contribution is 0.0594. The van der Waals surface area contributed by atoms with Gasteiger partial charge in [-0.2, -0.15) is 0 Å². The van der Waals surface area contributed by atoms with Crippen LogP contribution in [0, 0.1) is 5.82 Å². The number of carbonyl (C=O) groups excluding carboxylic acids is 1. The molecule has 1 heterocycles. The number of ether oxygens (including phenoxy) is 2. The quantitative estimate of drug-likeness (QED) is 0.633. The maximum atomic E-state index is 14.4. The second-order valence-electron chi connectivity index (χ2n) is 5.77. The van der Waals surface area contributed by atoms with Crippen molar-refractivity contribution >= 4 is 19.4 Å². The number of aromatic nitrogens is 3. The summed E-state index contributed by atoms with van der Waals surface area (Å²) < 4.78 is 25.4. The standard InChI is InChI=1S/C14H18FN3O3Si/c1-20-10-7-6-9(12(13(10)15)14(19)21-2)18-8-11(16-17-18)22(3,4)5/h6-8H,1-5H3. The Morgan fingerprint density at radius 3 is 2.45 bits per heavy atom. The highest BCUT2D eigenvalue weighted by atomic mass is 28.3. The van der Waals surface area contributed by atoms with Crippen LogP contribution in [0.25, 0.3) is 5.69 Å². The van der Waals surface area contributed by atoms with Gasteiger partial charge in [-0.05, 0) is 12.1 Å². The molecule has 0 unspecified atom stereocenters. The minimum absolute atomic E-state index is 0.0327. The Morgan fingerprint density at radius 1 is 1.27 bits per heavy atom. The Kier molecular flexibility index (Phi) is 4.31. The number of rotatable bonds is 4. The highest BCUT2D eigenvalue weighted by Crippen LogP contribution is 2.26. The lowest BCUT2D eigenvalue weighted by Crippen LogP contribution is -2.38. The van der Waals surface area contributed by atoms with E-state index in [9.17, 15) is 9.18 Å². The van der Waals surface area contributed by atoms with Gasteiger partial charge in [0, 0.05) is 6.20 Å². The van der Waals surface area contributed by atoms with E-state index in [2.05, 4.69) is 34.7 Å². The monoisotopic (exact) mass is 323 g/mol. The van der Waals surface area contributed by atoms with Crippen molar-refractivity contribution < 1.29 is 18.7 Å². The number of esters is 1. The summed E-state index contributed by atoms with van der Waals surface area (Å²) in [6.07, 6.45) is 1.72. The third-order valence-electron chi connectivity index (χ3n) is 3.20. The van der Waals surface area contributed by atoms with Crippen molar-refractivity contribution in [2.75, 3.05) is 14.2 Å². The molecule has 0 atom stereocenters. The van der Waals surface area contributed by atoms with Crippen LogP contribution in [-0.4, -0.2) is 43.3 Å². The molecule has 0 amide bonds. The molecular weight excluding hydrogens is 305 g/mol. The molecule has 6 nitrogen and oxygen atoms in total. The molecule has 1 aromatic carbocycles. The fraction of sp³-hybridized carbons (Fsp3) is 0.357. The number of methoxy groups -OCH3 is 2. The molecule has 22 heavy (non-hydrogen) atoms. The first-order chi connectivity index (χ1) is 10.3. The molecule has 0 aliphatic rings. The van der Waals surface area contributed by atoms with Gasteiger partial charge in [-0.3, -0.25) is 0 Å². The van der Waals surface area contributed by atoms with Gasteiger partial charge in [0.05, 0.1) is 25.2 Å². The third kappa shape index (κ3) is 2.87. The molecule has 118 valence electrons. The van der Waals surface area contributed by atoms with Crippen LogP contribution >= 0.6 is 0 Å². The number of hydrogen-bond donors (Lipinski definition) is 0. The van der Waals surface area contributed by atoms with Crippen LogP contribution in [0.4, 0.5) is 4.39 Å². The van der Waals surface area contributed by atoms with Gasteiger partial charge in [-0.15, -0.1) is 5.10 Å². The molecule has 0 N–H and O–H groups in total. The molecule has 0 saturated heterocycles. The Hall–Kier alpha value is -2.22. The second-order valence-corrected chi connectivity index (χ2v) is 10.8. The Labute approximate surface area is 128 Å². The zero-order valence-electron chi connectivity index (χ0n) is 13.2. The summed E-state index contributed by atoms with van der Waals surface area (Å²) in [6.45, 7) is 6.37. The molecule has 0 radical (unpaired) electrons. The largest absolute Gasteiger partial charge is 0.494 e. The van der Waals surface area contributed by atoms with Gasteiger partial charge < -0.3 is 9.47 Å². The van der Waals surface area contributed by atoms with Crippen LogP contribution in [0.15, 0.2) is 18.3 Å². The molecule has 0 aliphatic carbocycles. The van der Waals surface area contributed by atoms with Gasteiger partial charge in [-0.1, -0.05) is 24.9 Å². The van der Waals surface area contributed by atoms with Crippen LogP contribution < -0.4 is 10.1 Å². The summed E-state index contributed by atoms with van der Waals surface area (Å²) in [5, 5.41) is 9.00. The summed E-state index contributed by atoms with van der Waals surface area (Å²) in [5.74, 6) is -1.61. The predicted octanol–water partition coefficient (Wildman–Crippen LogP) is 1.75. The lowest BCUT2D eigenvalue weighted by Gasteiger charge is -2.12. The van der Waals surface area contributed by atoms with Gasteiger partial charge in [0.25, 0.3) is 0 Å². The molecule has 1 aromatic heterocycles. The van der Waals surface area contributed by atoms with Crippen molar-refractivity contribution in [3.63, 3.8) is 0 Å². The minimum Gasteiger partial charge on any atom is -0.494 e. The fourth-order valence-electron chi connectivity index (χ4n) is 1.92. The Balaban J connectivity index is 2.62. The van der Waals surface area contributed by atoms with Crippen LogP contribution in [0.1, 0.15) is 10.4 Å². The summed E-state index contributed by atoms with van der Waals surface area (Å²) in [5.41, 5.74) is 0.0380. The van der Waals surface area contributed by atoms with Gasteiger partial charge in [0.1, 0.15) is 13.6 Å². The summed E-state index contributed by atoms with van der Waals surface area (Å²) >= 11 is 0. The van der Waals surface area contributed by atoms with Gasteiger partial charge in [0.15, 0.2) is 11.6 Å². The van der Waals surface area contributed by atoms with Crippen LogP contribution in [0.2, 0.25) is 19.6 Å². The second kappa shape index (κ2) is 5.88. The van der Waals surface area contributed by atoms with E-state index in [1.165, 1.54) is 25.0 Å². The van der Waals surface area contributed by atoms with E-state index < -0.39 is 19.9 Å². The number of hydrogen-bond acceptors (Lipinski definition) is 5. The molecule has 0 bridgehead atoms. The smallest absolute Gasteiger partial charge is 0.343 e. The number of carbonyl (C=O) groups is 1. The molecule has 0 aliphatic heterocycles. The van der Waals surface area contributed by atoms with Crippen LogP contribution in [0.3, 0.4) is 0 Å². The zero-order valence-corrected chi connectivity index (χ0v) is 14.2. The first-order valence-corrected chi connectivity index (χ1v) is 10.2. The summed E-state index contributed by atoms with van der Waals surface area (Å²) in [4.78, 5) is 11.9. The molecular formula is C14H18FN3O3Si. The maximum absolute atomic E-state index is 14.4. The fourth-order valence-corrected chi connectivity index (χ4v) is 2.77. The van der Waals surface area contributed by atoms with Crippen molar-refractivity contribution in [1.82, 2.24) is 15.0 Å². The van der Waals surface area contributed by atoms with E-state index in [4.69, 9.17) is 4.74 Å². The van der Waals surface area contributed by atoms with Crippen molar-refractivity contribution in [1.29, 1.82) is 0 Å². The van der Waals surface area contributed by atoms with E-state index in [0.717, 1.165) is 5.32 Å². The van der Waals surface area contributed by atoms with Crippen molar-refractivity contribution in [3.05, 3.63) is 29.7 Å². The normalized spacial score (nSPS) is 11.4. The highest BCUT2D eigenvalue weighted by molar-refractivity contribution is 6.88. The average Bonchev–Trinajstić information content (AvgIpc) is 2.95. The molecule has 2 rings (SSSR count). The van der Waals surface area contributed by atoms with E-state index in [1.807, 2.05) is 0 Å². The number of benzene rings is 1. The summed E-state index contributed by atoms with van der Waals surface area (Å²) in [6, 6.07) is 2.99. The van der Waals surface area contributed by atoms with Crippen molar-refractivity contribution in [2.45, 2.75) is 19.6 Å². The van der Waals surface area contributed by atoms with E-state index >= 15 is 0 Å². The topological polar surface area (TPSA) is 66.2 Å². The van der Waals surface area contributed by atoms with E-state index in [1.54, 1.807) is 12.3 Å². The zero-order chi connectivity index (χ0) is 16.5. The first kappa shape index (κ1) is 16.2. The number of nitrogens with zero attached hydrogens (tertiary/aromatic N) is 3. The predicted molar refractivity (Wildman–Crippen MR) is 82.2 cm³/mol. The first-order valence-electron chi connectivity index (χ1n) is 6.67. The Morgan fingerprint density at radius 2 is 1.95 bits per heavy atom. The lowest BCUT2D eigenvalue weighted by atomic mass is 10.1. The molecule has 0 saturated carbocycles. The maximum Gasteiger partial charge on any atom is 0.343 e. The highest BCUT2D eigenvalue weighted by Gasteiger charge is 2.25. The third-order valence-corrected chi connectivity index (χ3v) is 4.97. The van der Waals surface area contributed by atoms with Crippen molar-refractivity contribution in [2.24, 2.45) is 0 Å². The molecule has 0 spiro atoms. The van der Waals surface area contributed by atoms with Crippen LogP contribution in [0.5, 0.6) is 5.75 Å². The summed E-state index contributed by atoms with van der Waals surface area (Å²) in [7, 11) is 0.867. The van der Waals surface area contributed by atoms with Crippen LogP contribution in [-0.2, 0) is 4.74 Å². The Bertz CT molecular complexity index is 710.